The maximum atomic E-state index is 14.6. The average molecular weight is 447 g/mol. The van der Waals surface area contributed by atoms with Gasteiger partial charge in [0.05, 0.1) is 19.3 Å². The number of rotatable bonds is 7. The second-order valence-corrected chi connectivity index (χ2v) is 10.2. The van der Waals surface area contributed by atoms with Crippen LogP contribution in [0.5, 0.6) is 5.75 Å². The Morgan fingerprint density at radius 2 is 1.72 bits per heavy atom. The molecular weight excluding hydrogens is 406 g/mol. The maximum Gasteiger partial charge on any atom is 0.200 e. The Morgan fingerprint density at radius 3 is 2.34 bits per heavy atom. The van der Waals surface area contributed by atoms with Crippen molar-refractivity contribution in [3.05, 3.63) is 41.0 Å². The lowest BCUT2D eigenvalue weighted by Crippen LogP contribution is -2.35. The molecule has 2 fully saturated rings. The molecule has 0 amide bonds. The van der Waals surface area contributed by atoms with Gasteiger partial charge in [-0.25, -0.2) is 4.39 Å². The fourth-order valence-electron chi connectivity index (χ4n) is 6.32. The Balaban J connectivity index is 1.26. The Morgan fingerprint density at radius 1 is 0.938 bits per heavy atom. The molecule has 1 saturated heterocycles. The summed E-state index contributed by atoms with van der Waals surface area (Å²) >= 11 is 0. The van der Waals surface area contributed by atoms with Crippen LogP contribution in [0.15, 0.2) is 23.8 Å². The lowest BCUT2D eigenvalue weighted by Gasteiger charge is -2.39. The summed E-state index contributed by atoms with van der Waals surface area (Å²) in [5.41, 5.74) is 2.16. The number of halogens is 2. The van der Waals surface area contributed by atoms with E-state index in [9.17, 15) is 8.78 Å². The van der Waals surface area contributed by atoms with E-state index in [0.717, 1.165) is 44.6 Å². The highest BCUT2D eigenvalue weighted by atomic mass is 19.2. The zero-order valence-corrected chi connectivity index (χ0v) is 19.9. The lowest BCUT2D eigenvalue weighted by atomic mass is 9.74. The molecule has 0 spiro atoms. The van der Waals surface area contributed by atoms with Crippen molar-refractivity contribution in [3.8, 4) is 5.75 Å². The zero-order valence-electron chi connectivity index (χ0n) is 19.9. The van der Waals surface area contributed by atoms with Gasteiger partial charge in [-0.05, 0) is 94.1 Å². The summed E-state index contributed by atoms with van der Waals surface area (Å²) in [5, 5.41) is 0. The number of benzene rings is 1. The molecule has 1 heterocycles. The summed E-state index contributed by atoms with van der Waals surface area (Å²) < 4.78 is 40.5. The van der Waals surface area contributed by atoms with Crippen molar-refractivity contribution >= 4 is 0 Å². The minimum Gasteiger partial charge on any atom is -0.491 e. The van der Waals surface area contributed by atoms with Crippen LogP contribution in [0.4, 0.5) is 8.78 Å². The van der Waals surface area contributed by atoms with Crippen molar-refractivity contribution < 1.29 is 18.3 Å². The maximum absolute atomic E-state index is 14.6. The van der Waals surface area contributed by atoms with Crippen LogP contribution in [-0.2, 0) is 4.74 Å². The van der Waals surface area contributed by atoms with Crippen LogP contribution >= 0.6 is 0 Å². The molecule has 178 valence electrons. The molecule has 2 nitrogen and oxygen atoms in total. The molecule has 0 N–H and O–H groups in total. The van der Waals surface area contributed by atoms with Gasteiger partial charge in [0.15, 0.2) is 11.6 Å². The van der Waals surface area contributed by atoms with Crippen LogP contribution in [0.3, 0.4) is 0 Å². The minimum absolute atomic E-state index is 0.0153. The summed E-state index contributed by atoms with van der Waals surface area (Å²) in [6.07, 6.45) is 15.7. The van der Waals surface area contributed by atoms with E-state index in [1.54, 1.807) is 24.6 Å². The van der Waals surface area contributed by atoms with Crippen LogP contribution in [0.1, 0.15) is 96.0 Å². The summed E-state index contributed by atoms with van der Waals surface area (Å²) in [4.78, 5) is 0. The van der Waals surface area contributed by atoms with Crippen molar-refractivity contribution in [2.75, 3.05) is 13.2 Å². The monoisotopic (exact) mass is 446 g/mol. The lowest BCUT2D eigenvalue weighted by molar-refractivity contribution is -0.0499. The molecule has 1 aromatic carbocycles. The first-order chi connectivity index (χ1) is 15.6. The fraction of sp³-hybridized carbons (Fsp3) is 0.714. The number of hydrogen-bond acceptors (Lipinski definition) is 2. The molecule has 0 radical (unpaired) electrons. The van der Waals surface area contributed by atoms with E-state index in [1.165, 1.54) is 38.5 Å². The summed E-state index contributed by atoms with van der Waals surface area (Å²) in [6.45, 7) is 5.26. The predicted octanol–water partition coefficient (Wildman–Crippen LogP) is 7.96. The smallest absolute Gasteiger partial charge is 0.200 e. The highest BCUT2D eigenvalue weighted by molar-refractivity contribution is 5.33. The largest absolute Gasteiger partial charge is 0.491 e. The van der Waals surface area contributed by atoms with E-state index < -0.39 is 11.6 Å². The van der Waals surface area contributed by atoms with Crippen molar-refractivity contribution in [1.29, 1.82) is 0 Å². The average Bonchev–Trinajstić information content (AvgIpc) is 2.83. The van der Waals surface area contributed by atoms with Crippen molar-refractivity contribution in [1.82, 2.24) is 0 Å². The molecule has 1 saturated carbocycles. The molecule has 3 atom stereocenters. The molecule has 0 aromatic heterocycles. The highest BCUT2D eigenvalue weighted by Crippen LogP contribution is 2.43. The third kappa shape index (κ3) is 5.38. The van der Waals surface area contributed by atoms with Crippen LogP contribution in [0.25, 0.3) is 0 Å². The quantitative estimate of drug-likeness (QED) is 0.396. The van der Waals surface area contributed by atoms with Crippen molar-refractivity contribution in [2.45, 2.75) is 96.5 Å². The second kappa shape index (κ2) is 11.1. The SMILES string of the molecule is CCCC1CC=C(C2CCC(C3CCC(c4ccc(OCC)c(F)c4F)CC3)OC2)CC1. The molecular formula is C28H40F2O2. The number of ether oxygens (including phenoxy) is 2. The Labute approximate surface area is 192 Å². The van der Waals surface area contributed by atoms with E-state index in [0.29, 0.717) is 30.1 Å². The fourth-order valence-corrected chi connectivity index (χ4v) is 6.32. The van der Waals surface area contributed by atoms with Crippen LogP contribution < -0.4 is 4.74 Å². The molecule has 2 aliphatic carbocycles. The third-order valence-electron chi connectivity index (χ3n) is 8.20. The van der Waals surface area contributed by atoms with E-state index in [1.807, 2.05) is 0 Å². The van der Waals surface area contributed by atoms with Gasteiger partial charge < -0.3 is 9.47 Å². The first-order valence-corrected chi connectivity index (χ1v) is 13.0. The third-order valence-corrected chi connectivity index (χ3v) is 8.20. The summed E-state index contributed by atoms with van der Waals surface area (Å²) in [6, 6.07) is 3.30. The van der Waals surface area contributed by atoms with E-state index in [-0.39, 0.29) is 11.7 Å². The Hall–Kier alpha value is -1.42. The molecule has 4 rings (SSSR count). The molecule has 3 aliphatic rings. The number of allylic oxidation sites excluding steroid dienone is 1. The standard InChI is InChI=1S/C28H40F2O2/c1-3-5-19-6-8-20(9-7-19)23-14-16-25(32-18-23)22-12-10-21(11-13-22)24-15-17-26(31-4-2)28(30)27(24)29/h8,15,17,19,21-23,25H,3-7,9-14,16,18H2,1-2H3. The first-order valence-electron chi connectivity index (χ1n) is 13.0. The van der Waals surface area contributed by atoms with Crippen LogP contribution in [0, 0.1) is 29.4 Å². The first kappa shape index (κ1) is 23.7. The summed E-state index contributed by atoms with van der Waals surface area (Å²) in [7, 11) is 0. The summed E-state index contributed by atoms with van der Waals surface area (Å²) in [5.74, 6) is 0.607. The van der Waals surface area contributed by atoms with Gasteiger partial charge in [-0.3, -0.25) is 0 Å². The molecule has 1 aliphatic heterocycles. The van der Waals surface area contributed by atoms with Gasteiger partial charge in [-0.2, -0.15) is 4.39 Å². The molecule has 4 heteroatoms. The van der Waals surface area contributed by atoms with Gasteiger partial charge in [0.25, 0.3) is 0 Å². The van der Waals surface area contributed by atoms with Crippen molar-refractivity contribution in [3.63, 3.8) is 0 Å². The van der Waals surface area contributed by atoms with Gasteiger partial charge >= 0.3 is 0 Å². The normalized spacial score (nSPS) is 31.2. The molecule has 0 bridgehead atoms. The van der Waals surface area contributed by atoms with Crippen molar-refractivity contribution in [2.24, 2.45) is 17.8 Å². The van der Waals surface area contributed by atoms with E-state index in [2.05, 4.69) is 13.0 Å². The predicted molar refractivity (Wildman–Crippen MR) is 125 cm³/mol. The molecule has 32 heavy (non-hydrogen) atoms. The van der Waals surface area contributed by atoms with Gasteiger partial charge in [0.1, 0.15) is 0 Å². The highest BCUT2D eigenvalue weighted by Gasteiger charge is 2.34. The van der Waals surface area contributed by atoms with Gasteiger partial charge in [-0.15, -0.1) is 0 Å². The second-order valence-electron chi connectivity index (χ2n) is 10.2. The minimum atomic E-state index is -0.842. The van der Waals surface area contributed by atoms with Crippen LogP contribution in [0.2, 0.25) is 0 Å². The zero-order chi connectivity index (χ0) is 22.5. The topological polar surface area (TPSA) is 18.5 Å². The van der Waals surface area contributed by atoms with E-state index in [4.69, 9.17) is 9.47 Å². The van der Waals surface area contributed by atoms with Gasteiger partial charge in [-0.1, -0.05) is 37.5 Å². The van der Waals surface area contributed by atoms with E-state index >= 15 is 0 Å². The molecule has 1 aromatic rings. The van der Waals surface area contributed by atoms with Gasteiger partial charge in [0, 0.05) is 5.92 Å². The van der Waals surface area contributed by atoms with Crippen LogP contribution in [-0.4, -0.2) is 19.3 Å². The number of hydrogen-bond donors (Lipinski definition) is 0. The van der Waals surface area contributed by atoms with Gasteiger partial charge in [0.2, 0.25) is 5.82 Å². The Bertz CT molecular complexity index is 774. The Kier molecular flexibility index (Phi) is 8.26. The molecule has 3 unspecified atom stereocenters.